The second-order valence-corrected chi connectivity index (χ2v) is 7.64. The summed E-state index contributed by atoms with van der Waals surface area (Å²) in [5.41, 5.74) is 0.141. The monoisotopic (exact) mass is 310 g/mol. The summed E-state index contributed by atoms with van der Waals surface area (Å²) >= 11 is 1.91. The van der Waals surface area contributed by atoms with Gasteiger partial charge in [-0.15, -0.1) is 6.58 Å². The summed E-state index contributed by atoms with van der Waals surface area (Å²) in [7, 11) is 0. The number of halogens is 1. The van der Waals surface area contributed by atoms with E-state index in [-0.39, 0.29) is 22.9 Å². The summed E-state index contributed by atoms with van der Waals surface area (Å²) in [6.45, 7) is 7.10. The molecule has 0 amide bonds. The topological polar surface area (TPSA) is 29.5 Å². The number of hydrogen-bond acceptors (Lipinski definition) is 3. The van der Waals surface area contributed by atoms with Gasteiger partial charge in [-0.1, -0.05) is 12.1 Å². The lowest BCUT2D eigenvalue weighted by atomic mass is 10.1. The molecule has 0 unspecified atom stereocenters. The summed E-state index contributed by atoms with van der Waals surface area (Å²) in [5.74, 6) is 0.876. The van der Waals surface area contributed by atoms with Crippen molar-refractivity contribution >= 4 is 11.8 Å². The third kappa shape index (κ3) is 4.48. The van der Waals surface area contributed by atoms with E-state index in [0.717, 1.165) is 30.6 Å². The highest BCUT2D eigenvalue weighted by Crippen LogP contribution is 2.57. The van der Waals surface area contributed by atoms with Gasteiger partial charge in [-0.05, 0) is 56.6 Å². The maximum Gasteiger partial charge on any atom is 0.165 e. The third-order valence-electron chi connectivity index (χ3n) is 3.44. The molecule has 0 saturated heterocycles. The molecule has 0 radical (unpaired) electrons. The Kier molecular flexibility index (Phi) is 4.99. The molecule has 1 fully saturated rings. The molecule has 1 aromatic rings. The van der Waals surface area contributed by atoms with Crippen LogP contribution >= 0.6 is 11.8 Å². The summed E-state index contributed by atoms with van der Waals surface area (Å²) in [4.78, 5) is 0. The minimum absolute atomic E-state index is 0.0734. The van der Waals surface area contributed by atoms with E-state index in [1.54, 1.807) is 19.9 Å². The molecule has 4 heteroatoms. The fourth-order valence-corrected chi connectivity index (χ4v) is 3.48. The van der Waals surface area contributed by atoms with E-state index in [9.17, 15) is 9.50 Å². The number of ether oxygens (including phenoxy) is 1. The molecule has 0 atom stereocenters. The van der Waals surface area contributed by atoms with Crippen LogP contribution in [0.3, 0.4) is 0 Å². The largest absolute Gasteiger partial charge is 0.488 e. The third-order valence-corrected chi connectivity index (χ3v) is 5.08. The van der Waals surface area contributed by atoms with Gasteiger partial charge in [0.15, 0.2) is 11.6 Å². The first kappa shape index (κ1) is 16.4. The smallest absolute Gasteiger partial charge is 0.165 e. The maximum absolute atomic E-state index is 13.8. The van der Waals surface area contributed by atoms with Crippen LogP contribution in [0, 0.1) is 5.82 Å². The van der Waals surface area contributed by atoms with Crippen molar-refractivity contribution in [2.45, 2.75) is 43.5 Å². The Bertz CT molecular complexity index is 504. The van der Waals surface area contributed by atoms with Crippen molar-refractivity contribution in [1.29, 1.82) is 0 Å². The average Bonchev–Trinajstić information content (AvgIpc) is 3.18. The van der Waals surface area contributed by atoms with Crippen LogP contribution in [0.5, 0.6) is 5.75 Å². The number of aliphatic hydroxyl groups is 1. The van der Waals surface area contributed by atoms with Gasteiger partial charge in [0.1, 0.15) is 6.61 Å². The lowest BCUT2D eigenvalue weighted by Crippen LogP contribution is -2.28. The van der Waals surface area contributed by atoms with Gasteiger partial charge in [0, 0.05) is 4.75 Å². The van der Waals surface area contributed by atoms with Gasteiger partial charge in [-0.3, -0.25) is 0 Å². The first-order chi connectivity index (χ1) is 9.86. The van der Waals surface area contributed by atoms with E-state index in [1.165, 1.54) is 6.07 Å². The second-order valence-electron chi connectivity index (χ2n) is 6.17. The molecule has 116 valence electrons. The minimum atomic E-state index is -0.974. The summed E-state index contributed by atoms with van der Waals surface area (Å²) in [6, 6.07) is 5.10. The molecule has 0 bridgehead atoms. The molecule has 1 saturated carbocycles. The number of thioether (sulfide) groups is 1. The zero-order chi connectivity index (χ0) is 15.5. The Hall–Kier alpha value is -1.00. The van der Waals surface area contributed by atoms with Crippen molar-refractivity contribution in [3.63, 3.8) is 0 Å². The van der Waals surface area contributed by atoms with Gasteiger partial charge < -0.3 is 9.84 Å². The average molecular weight is 310 g/mol. The molecule has 0 aromatic heterocycles. The lowest BCUT2D eigenvalue weighted by Gasteiger charge is -2.20. The first-order valence-corrected chi connectivity index (χ1v) is 8.25. The van der Waals surface area contributed by atoms with Crippen LogP contribution < -0.4 is 4.74 Å². The highest BCUT2D eigenvalue weighted by atomic mass is 32.2. The quantitative estimate of drug-likeness (QED) is 0.574. The molecular weight excluding hydrogens is 287 g/mol. The van der Waals surface area contributed by atoms with Crippen molar-refractivity contribution < 1.29 is 14.2 Å². The molecule has 0 aliphatic heterocycles. The molecule has 1 N–H and O–H groups in total. The molecule has 21 heavy (non-hydrogen) atoms. The van der Waals surface area contributed by atoms with Crippen molar-refractivity contribution in [2.75, 3.05) is 12.4 Å². The highest BCUT2D eigenvalue weighted by molar-refractivity contribution is 8.00. The molecular formula is C17H23FO2S. The first-order valence-electron chi connectivity index (χ1n) is 7.26. The van der Waals surface area contributed by atoms with Gasteiger partial charge in [0.25, 0.3) is 0 Å². The Balaban J connectivity index is 2.09. The summed E-state index contributed by atoms with van der Waals surface area (Å²) in [5, 5.41) is 9.69. The van der Waals surface area contributed by atoms with Crippen molar-refractivity contribution in [2.24, 2.45) is 0 Å². The Morgan fingerprint density at radius 1 is 1.48 bits per heavy atom. The molecule has 1 aromatic carbocycles. The predicted molar refractivity (Wildman–Crippen MR) is 86.4 cm³/mol. The zero-order valence-electron chi connectivity index (χ0n) is 12.7. The van der Waals surface area contributed by atoms with Crippen molar-refractivity contribution in [3.05, 3.63) is 42.2 Å². The summed E-state index contributed by atoms with van der Waals surface area (Å²) in [6.07, 6.45) is 5.14. The zero-order valence-corrected chi connectivity index (χ0v) is 13.5. The normalized spacial score (nSPS) is 16.6. The van der Waals surface area contributed by atoms with Crippen molar-refractivity contribution in [3.8, 4) is 5.75 Å². The maximum atomic E-state index is 13.8. The van der Waals surface area contributed by atoms with Gasteiger partial charge >= 0.3 is 0 Å². The number of allylic oxidation sites excluding steroid dienone is 1. The number of hydrogen-bond donors (Lipinski definition) is 1. The highest BCUT2D eigenvalue weighted by Gasteiger charge is 2.44. The van der Waals surface area contributed by atoms with E-state index in [2.05, 4.69) is 6.58 Å². The molecule has 2 rings (SSSR count). The molecule has 0 heterocycles. The fourth-order valence-electron chi connectivity index (χ4n) is 2.12. The van der Waals surface area contributed by atoms with Gasteiger partial charge in [0.05, 0.1) is 5.60 Å². The molecule has 1 aliphatic carbocycles. The van der Waals surface area contributed by atoms with E-state index < -0.39 is 5.60 Å². The summed E-state index contributed by atoms with van der Waals surface area (Å²) < 4.78 is 19.4. The van der Waals surface area contributed by atoms with Gasteiger partial charge in [-0.2, -0.15) is 11.8 Å². The van der Waals surface area contributed by atoms with Crippen LogP contribution in [-0.4, -0.2) is 23.1 Å². The Morgan fingerprint density at radius 3 is 2.76 bits per heavy atom. The Morgan fingerprint density at radius 2 is 2.19 bits per heavy atom. The van der Waals surface area contributed by atoms with Crippen molar-refractivity contribution in [1.82, 2.24) is 0 Å². The van der Waals surface area contributed by atoms with Crippen LogP contribution in [0.4, 0.5) is 4.39 Å². The van der Waals surface area contributed by atoms with E-state index in [1.807, 2.05) is 23.9 Å². The van der Waals surface area contributed by atoms with E-state index in [4.69, 9.17) is 4.74 Å². The van der Waals surface area contributed by atoms with Crippen LogP contribution in [0.1, 0.15) is 38.7 Å². The van der Waals surface area contributed by atoms with Crippen LogP contribution in [-0.2, 0) is 4.75 Å². The minimum Gasteiger partial charge on any atom is -0.488 e. The number of rotatable bonds is 8. The van der Waals surface area contributed by atoms with E-state index in [0.29, 0.717) is 0 Å². The Labute approximate surface area is 130 Å². The SMILES string of the molecule is C=CCCSC1(c2ccc(F)c(OCC(C)(C)O)c2)CC1. The van der Waals surface area contributed by atoms with Gasteiger partial charge in [-0.25, -0.2) is 4.39 Å². The standard InChI is InChI=1S/C17H23FO2S/c1-4-5-10-21-17(8-9-17)13-6-7-14(18)15(11-13)20-12-16(2,3)19/h4,6-7,11,19H,1,5,8-10,12H2,2-3H3. The second kappa shape index (κ2) is 6.41. The lowest BCUT2D eigenvalue weighted by molar-refractivity contribution is 0.0271. The molecule has 1 aliphatic rings. The van der Waals surface area contributed by atoms with Gasteiger partial charge in [0.2, 0.25) is 0 Å². The van der Waals surface area contributed by atoms with Crippen LogP contribution in [0.25, 0.3) is 0 Å². The fraction of sp³-hybridized carbons (Fsp3) is 0.529. The molecule has 2 nitrogen and oxygen atoms in total. The van der Waals surface area contributed by atoms with E-state index >= 15 is 0 Å². The number of benzene rings is 1. The van der Waals surface area contributed by atoms with Crippen LogP contribution in [0.2, 0.25) is 0 Å². The van der Waals surface area contributed by atoms with Crippen LogP contribution in [0.15, 0.2) is 30.9 Å². The molecule has 0 spiro atoms. The predicted octanol–water partition coefficient (Wildman–Crippen LogP) is 4.27.